The molecule has 0 radical (unpaired) electrons. The van der Waals surface area contributed by atoms with Crippen LogP contribution >= 0.6 is 0 Å². The van der Waals surface area contributed by atoms with Gasteiger partial charge >= 0.3 is 0 Å². The lowest BCUT2D eigenvalue weighted by Gasteiger charge is -2.27. The van der Waals surface area contributed by atoms with E-state index in [0.29, 0.717) is 5.41 Å². The van der Waals surface area contributed by atoms with Crippen LogP contribution in [0.4, 0.5) is 0 Å². The van der Waals surface area contributed by atoms with E-state index in [9.17, 15) is 0 Å². The molecule has 1 saturated carbocycles. The summed E-state index contributed by atoms with van der Waals surface area (Å²) in [7, 11) is 2.14. The van der Waals surface area contributed by atoms with Crippen LogP contribution in [0.15, 0.2) is 0 Å². The topological polar surface area (TPSA) is 12.0 Å². The molecule has 0 saturated heterocycles. The lowest BCUT2D eigenvalue weighted by atomic mass is 9.83. The van der Waals surface area contributed by atoms with Crippen LogP contribution in [0, 0.1) is 11.3 Å². The third-order valence-electron chi connectivity index (χ3n) is 4.23. The van der Waals surface area contributed by atoms with Gasteiger partial charge in [0.15, 0.2) is 0 Å². The van der Waals surface area contributed by atoms with Crippen LogP contribution in [0.3, 0.4) is 0 Å². The van der Waals surface area contributed by atoms with Crippen molar-refractivity contribution >= 4 is 0 Å². The first-order valence-electron chi connectivity index (χ1n) is 7.68. The van der Waals surface area contributed by atoms with Gasteiger partial charge < -0.3 is 5.32 Å². The molecule has 1 N–H and O–H groups in total. The van der Waals surface area contributed by atoms with Gasteiger partial charge in [0.25, 0.3) is 0 Å². The summed E-state index contributed by atoms with van der Waals surface area (Å²) in [5.41, 5.74) is 0.503. The van der Waals surface area contributed by atoms with Gasteiger partial charge in [-0.25, -0.2) is 0 Å². The molecular weight excluding hydrogens is 206 g/mol. The second kappa shape index (κ2) is 7.41. The molecule has 1 heteroatoms. The zero-order chi connectivity index (χ0) is 12.7. The SMILES string of the molecule is CNC(CCCC(C)(C)C)CC1CCCCC1. The standard InChI is InChI=1S/C16H33N/c1-16(2,3)12-8-11-15(17-4)13-14-9-6-5-7-10-14/h14-15,17H,5-13H2,1-4H3. The Morgan fingerprint density at radius 3 is 2.29 bits per heavy atom. The molecule has 0 amide bonds. The number of hydrogen-bond acceptors (Lipinski definition) is 1. The molecule has 1 unspecified atom stereocenters. The van der Waals surface area contributed by atoms with Crippen molar-refractivity contribution in [2.75, 3.05) is 7.05 Å². The first-order valence-corrected chi connectivity index (χ1v) is 7.68. The maximum absolute atomic E-state index is 3.54. The number of hydrogen-bond donors (Lipinski definition) is 1. The molecule has 0 spiro atoms. The third kappa shape index (κ3) is 7.08. The van der Waals surface area contributed by atoms with Gasteiger partial charge in [-0.05, 0) is 37.6 Å². The molecule has 1 aliphatic carbocycles. The van der Waals surface area contributed by atoms with Gasteiger partial charge in [0.2, 0.25) is 0 Å². The molecule has 1 rings (SSSR count). The van der Waals surface area contributed by atoms with Gasteiger partial charge in [-0.15, -0.1) is 0 Å². The Labute approximate surface area is 109 Å². The van der Waals surface area contributed by atoms with Crippen LogP contribution < -0.4 is 5.32 Å². The molecule has 0 heterocycles. The van der Waals surface area contributed by atoms with Crippen molar-refractivity contribution in [2.24, 2.45) is 11.3 Å². The van der Waals surface area contributed by atoms with E-state index in [1.54, 1.807) is 0 Å². The maximum atomic E-state index is 3.54. The minimum Gasteiger partial charge on any atom is -0.317 e. The zero-order valence-corrected chi connectivity index (χ0v) is 12.5. The summed E-state index contributed by atoms with van der Waals surface area (Å²) in [6.07, 6.45) is 12.9. The van der Waals surface area contributed by atoms with Gasteiger partial charge in [-0.1, -0.05) is 59.3 Å². The fraction of sp³-hybridized carbons (Fsp3) is 1.00. The highest BCUT2D eigenvalue weighted by atomic mass is 14.9. The summed E-state index contributed by atoms with van der Waals surface area (Å²) in [5, 5.41) is 3.54. The van der Waals surface area contributed by atoms with Gasteiger partial charge in [0, 0.05) is 6.04 Å². The predicted molar refractivity (Wildman–Crippen MR) is 77.3 cm³/mol. The fourth-order valence-electron chi connectivity index (χ4n) is 3.08. The smallest absolute Gasteiger partial charge is 0.00667 e. The average molecular weight is 239 g/mol. The van der Waals surface area contributed by atoms with E-state index in [-0.39, 0.29) is 0 Å². The van der Waals surface area contributed by atoms with Crippen molar-refractivity contribution in [3.63, 3.8) is 0 Å². The Morgan fingerprint density at radius 1 is 1.12 bits per heavy atom. The molecule has 0 bridgehead atoms. The first-order chi connectivity index (χ1) is 8.01. The van der Waals surface area contributed by atoms with E-state index in [2.05, 4.69) is 33.1 Å². The molecule has 102 valence electrons. The minimum atomic E-state index is 0.503. The highest BCUT2D eigenvalue weighted by Crippen LogP contribution is 2.29. The van der Waals surface area contributed by atoms with Crippen molar-refractivity contribution in [2.45, 2.75) is 84.6 Å². The lowest BCUT2D eigenvalue weighted by molar-refractivity contribution is 0.283. The van der Waals surface area contributed by atoms with Crippen LogP contribution in [0.1, 0.15) is 78.6 Å². The molecule has 0 aromatic carbocycles. The quantitative estimate of drug-likeness (QED) is 0.704. The lowest BCUT2D eigenvalue weighted by Crippen LogP contribution is -2.29. The molecule has 0 aromatic heterocycles. The minimum absolute atomic E-state index is 0.503. The van der Waals surface area contributed by atoms with Crippen LogP contribution in [0.25, 0.3) is 0 Å². The highest BCUT2D eigenvalue weighted by molar-refractivity contribution is 4.74. The van der Waals surface area contributed by atoms with E-state index < -0.39 is 0 Å². The second-order valence-corrected chi connectivity index (χ2v) is 7.18. The Morgan fingerprint density at radius 2 is 1.76 bits per heavy atom. The summed E-state index contributed by atoms with van der Waals surface area (Å²) >= 11 is 0. The Hall–Kier alpha value is -0.0400. The molecule has 1 atom stereocenters. The van der Waals surface area contributed by atoms with Crippen molar-refractivity contribution in [1.82, 2.24) is 5.32 Å². The third-order valence-corrected chi connectivity index (χ3v) is 4.23. The Kier molecular flexibility index (Phi) is 6.54. The van der Waals surface area contributed by atoms with Gasteiger partial charge in [0.1, 0.15) is 0 Å². The summed E-state index contributed by atoms with van der Waals surface area (Å²) in [5.74, 6) is 1.01. The van der Waals surface area contributed by atoms with Crippen LogP contribution in [0.2, 0.25) is 0 Å². The molecule has 1 aliphatic rings. The summed E-state index contributed by atoms with van der Waals surface area (Å²) < 4.78 is 0. The molecule has 1 nitrogen and oxygen atoms in total. The fourth-order valence-corrected chi connectivity index (χ4v) is 3.08. The van der Waals surface area contributed by atoms with Crippen molar-refractivity contribution in [1.29, 1.82) is 0 Å². The van der Waals surface area contributed by atoms with Crippen LogP contribution in [-0.2, 0) is 0 Å². The second-order valence-electron chi connectivity index (χ2n) is 7.18. The van der Waals surface area contributed by atoms with E-state index in [4.69, 9.17) is 0 Å². The summed E-state index contributed by atoms with van der Waals surface area (Å²) in [6.45, 7) is 7.05. The summed E-state index contributed by atoms with van der Waals surface area (Å²) in [4.78, 5) is 0. The summed E-state index contributed by atoms with van der Waals surface area (Å²) in [6, 6.07) is 0.764. The predicted octanol–water partition coefficient (Wildman–Crippen LogP) is 4.76. The van der Waals surface area contributed by atoms with E-state index in [1.807, 2.05) is 0 Å². The van der Waals surface area contributed by atoms with Crippen LogP contribution in [-0.4, -0.2) is 13.1 Å². The van der Waals surface area contributed by atoms with Crippen LogP contribution in [0.5, 0.6) is 0 Å². The maximum Gasteiger partial charge on any atom is 0.00667 e. The van der Waals surface area contributed by atoms with E-state index in [0.717, 1.165) is 12.0 Å². The molecule has 1 fully saturated rings. The number of rotatable bonds is 6. The van der Waals surface area contributed by atoms with Gasteiger partial charge in [0.05, 0.1) is 0 Å². The Bertz CT molecular complexity index is 186. The molecule has 0 aliphatic heterocycles. The molecular formula is C16H33N. The molecule has 17 heavy (non-hydrogen) atoms. The van der Waals surface area contributed by atoms with E-state index >= 15 is 0 Å². The first kappa shape index (κ1) is 15.0. The largest absolute Gasteiger partial charge is 0.317 e. The Balaban J connectivity index is 2.18. The normalized spacial score (nSPS) is 20.5. The average Bonchev–Trinajstić information content (AvgIpc) is 2.27. The van der Waals surface area contributed by atoms with Gasteiger partial charge in [-0.3, -0.25) is 0 Å². The van der Waals surface area contributed by atoms with Crippen molar-refractivity contribution in [3.05, 3.63) is 0 Å². The highest BCUT2D eigenvalue weighted by Gasteiger charge is 2.18. The number of nitrogens with one attached hydrogen (secondary N) is 1. The van der Waals surface area contributed by atoms with E-state index in [1.165, 1.54) is 57.8 Å². The zero-order valence-electron chi connectivity index (χ0n) is 12.5. The monoisotopic (exact) mass is 239 g/mol. The molecule has 0 aromatic rings. The van der Waals surface area contributed by atoms with Crippen molar-refractivity contribution < 1.29 is 0 Å². The van der Waals surface area contributed by atoms with Gasteiger partial charge in [-0.2, -0.15) is 0 Å². The van der Waals surface area contributed by atoms with Crippen molar-refractivity contribution in [3.8, 4) is 0 Å².